The summed E-state index contributed by atoms with van der Waals surface area (Å²) in [6.45, 7) is 1.32. The fraction of sp³-hybridized carbons (Fsp3) is 0.167. The van der Waals surface area contributed by atoms with Crippen LogP contribution in [0.5, 0.6) is 11.5 Å². The van der Waals surface area contributed by atoms with Crippen LogP contribution in [0.4, 0.5) is 32.0 Å². The van der Waals surface area contributed by atoms with Gasteiger partial charge in [-0.05, 0) is 42.8 Å². The molecule has 12 heteroatoms. The van der Waals surface area contributed by atoms with E-state index in [0.29, 0.717) is 0 Å². The number of benzene rings is 2. The van der Waals surface area contributed by atoms with E-state index in [-0.39, 0.29) is 29.0 Å². The highest BCUT2D eigenvalue weighted by Crippen LogP contribution is 2.39. The number of methoxy groups -OCH3 is 2. The molecular formula is C24H17F6NO5. The number of ether oxygens (including phenoxy) is 3. The number of carbonyl (C=O) groups excluding carboxylic acids is 2. The molecule has 1 aliphatic rings. The van der Waals surface area contributed by atoms with Gasteiger partial charge in [-0.1, -0.05) is 6.08 Å². The van der Waals surface area contributed by atoms with Crippen LogP contribution in [0.15, 0.2) is 60.0 Å². The van der Waals surface area contributed by atoms with Crippen LogP contribution in [0.1, 0.15) is 11.1 Å². The summed E-state index contributed by atoms with van der Waals surface area (Å²) in [5, 5.41) is 0. The van der Waals surface area contributed by atoms with E-state index in [1.807, 2.05) is 0 Å². The van der Waals surface area contributed by atoms with Crippen molar-refractivity contribution >= 4 is 17.6 Å². The molecule has 3 rings (SSSR count). The number of nitrogens with zero attached hydrogens (tertiary/aromatic N) is 1. The zero-order valence-corrected chi connectivity index (χ0v) is 18.9. The van der Waals surface area contributed by atoms with Crippen molar-refractivity contribution in [2.24, 2.45) is 0 Å². The van der Waals surface area contributed by atoms with Crippen molar-refractivity contribution in [3.8, 4) is 11.5 Å². The molecule has 0 saturated heterocycles. The zero-order valence-electron chi connectivity index (χ0n) is 18.9. The largest absolute Gasteiger partial charge is 0.465 e. The SMILES string of the molecule is COC(=O)C1=C(C(=O)OC)N(c2cc(Oc3c(F)cc(C(F)(F)F)cc3F)c(C)cc2F)C=CC=C1. The monoisotopic (exact) mass is 513 g/mol. The molecule has 0 aromatic heterocycles. The molecule has 0 amide bonds. The Morgan fingerprint density at radius 1 is 0.861 bits per heavy atom. The van der Waals surface area contributed by atoms with Gasteiger partial charge in [0.25, 0.3) is 0 Å². The summed E-state index contributed by atoms with van der Waals surface area (Å²) in [6, 6.07) is 1.97. The number of hydrogen-bond donors (Lipinski definition) is 0. The molecule has 0 aliphatic carbocycles. The van der Waals surface area contributed by atoms with Crippen LogP contribution in [0, 0.1) is 24.4 Å². The molecule has 6 nitrogen and oxygen atoms in total. The normalized spacial score (nSPS) is 13.5. The minimum Gasteiger partial charge on any atom is -0.465 e. The lowest BCUT2D eigenvalue weighted by molar-refractivity contribution is -0.139. The number of allylic oxidation sites excluding steroid dienone is 2. The predicted octanol–water partition coefficient (Wildman–Crippen LogP) is 5.71. The van der Waals surface area contributed by atoms with E-state index < -0.39 is 58.3 Å². The second-order valence-electron chi connectivity index (χ2n) is 7.25. The average molecular weight is 513 g/mol. The summed E-state index contributed by atoms with van der Waals surface area (Å²) >= 11 is 0. The number of aryl methyl sites for hydroxylation is 1. The molecule has 1 aliphatic heterocycles. The van der Waals surface area contributed by atoms with E-state index in [1.165, 1.54) is 31.4 Å². The summed E-state index contributed by atoms with van der Waals surface area (Å²) < 4.78 is 96.9. The van der Waals surface area contributed by atoms with Crippen LogP contribution in [0.3, 0.4) is 0 Å². The number of carbonyl (C=O) groups is 2. The van der Waals surface area contributed by atoms with E-state index in [0.717, 1.165) is 31.3 Å². The molecule has 1 heterocycles. The van der Waals surface area contributed by atoms with Gasteiger partial charge in [0.2, 0.25) is 0 Å². The third-order valence-electron chi connectivity index (χ3n) is 4.93. The highest BCUT2D eigenvalue weighted by atomic mass is 19.4. The highest BCUT2D eigenvalue weighted by Gasteiger charge is 2.34. The van der Waals surface area contributed by atoms with Gasteiger partial charge in [-0.3, -0.25) is 0 Å². The van der Waals surface area contributed by atoms with Crippen molar-refractivity contribution in [2.45, 2.75) is 13.1 Å². The number of halogens is 6. The van der Waals surface area contributed by atoms with E-state index in [2.05, 4.69) is 4.74 Å². The molecule has 190 valence electrons. The Morgan fingerprint density at radius 2 is 1.47 bits per heavy atom. The van der Waals surface area contributed by atoms with E-state index >= 15 is 4.39 Å². The fourth-order valence-corrected chi connectivity index (χ4v) is 3.22. The van der Waals surface area contributed by atoms with Gasteiger partial charge in [-0.25, -0.2) is 22.8 Å². The molecule has 0 bridgehead atoms. The number of rotatable bonds is 5. The maximum absolute atomic E-state index is 15.1. The summed E-state index contributed by atoms with van der Waals surface area (Å²) in [4.78, 5) is 25.8. The van der Waals surface area contributed by atoms with Gasteiger partial charge in [0, 0.05) is 12.3 Å². The van der Waals surface area contributed by atoms with Gasteiger partial charge < -0.3 is 19.1 Å². The van der Waals surface area contributed by atoms with E-state index in [4.69, 9.17) is 9.47 Å². The first-order valence-electron chi connectivity index (χ1n) is 9.98. The summed E-state index contributed by atoms with van der Waals surface area (Å²) in [7, 11) is 2.09. The Morgan fingerprint density at radius 3 is 2.03 bits per heavy atom. The first-order valence-corrected chi connectivity index (χ1v) is 9.98. The topological polar surface area (TPSA) is 65.1 Å². The Balaban J connectivity index is 2.15. The maximum atomic E-state index is 15.1. The smallest absolute Gasteiger partial charge is 0.416 e. The molecule has 0 N–H and O–H groups in total. The number of alkyl halides is 3. The van der Waals surface area contributed by atoms with Gasteiger partial charge in [-0.15, -0.1) is 0 Å². The predicted molar refractivity (Wildman–Crippen MR) is 114 cm³/mol. The molecule has 36 heavy (non-hydrogen) atoms. The van der Waals surface area contributed by atoms with Crippen molar-refractivity contribution in [1.82, 2.24) is 0 Å². The second-order valence-corrected chi connectivity index (χ2v) is 7.25. The lowest BCUT2D eigenvalue weighted by Gasteiger charge is -2.24. The summed E-state index contributed by atoms with van der Waals surface area (Å²) in [5.41, 5.74) is -2.70. The lowest BCUT2D eigenvalue weighted by Crippen LogP contribution is -2.27. The van der Waals surface area contributed by atoms with Gasteiger partial charge in [0.1, 0.15) is 17.3 Å². The Hall–Kier alpha value is -4.22. The molecule has 0 unspecified atom stereocenters. The summed E-state index contributed by atoms with van der Waals surface area (Å²) in [6.07, 6.45) is 0.153. The van der Waals surface area contributed by atoms with Gasteiger partial charge in [-0.2, -0.15) is 13.2 Å². The third-order valence-corrected chi connectivity index (χ3v) is 4.93. The first-order chi connectivity index (χ1) is 16.9. The number of esters is 2. The average Bonchev–Trinajstić information content (AvgIpc) is 3.03. The van der Waals surface area contributed by atoms with Crippen molar-refractivity contribution < 1.29 is 50.1 Å². The Kier molecular flexibility index (Phi) is 7.46. The van der Waals surface area contributed by atoms with Crippen LogP contribution in [0.25, 0.3) is 0 Å². The molecule has 0 saturated carbocycles. The minimum atomic E-state index is -5.00. The minimum absolute atomic E-state index is 0.0173. The van der Waals surface area contributed by atoms with Gasteiger partial charge in [0.05, 0.1) is 31.0 Å². The molecule has 0 radical (unpaired) electrons. The molecule has 2 aromatic rings. The quantitative estimate of drug-likeness (QED) is 0.377. The molecule has 2 aromatic carbocycles. The Labute approximate surface area is 200 Å². The number of anilines is 1. The van der Waals surface area contributed by atoms with Crippen molar-refractivity contribution in [2.75, 3.05) is 19.1 Å². The van der Waals surface area contributed by atoms with Gasteiger partial charge in [0.15, 0.2) is 17.4 Å². The second kappa shape index (κ2) is 10.2. The van der Waals surface area contributed by atoms with Gasteiger partial charge >= 0.3 is 18.1 Å². The van der Waals surface area contributed by atoms with Crippen LogP contribution >= 0.6 is 0 Å². The Bertz CT molecular complexity index is 1290. The first kappa shape index (κ1) is 26.4. The van der Waals surface area contributed by atoms with Crippen LogP contribution in [-0.4, -0.2) is 26.2 Å². The standard InChI is InChI=1S/C24H17F6NO5/c1-12-8-15(25)18(31-7-5-4-6-14(22(32)34-2)20(31)23(33)35-3)11-19(12)36-21-16(26)9-13(10-17(21)27)24(28,29)30/h4-11H,1-3H3. The third kappa shape index (κ3) is 5.21. The van der Waals surface area contributed by atoms with Crippen LogP contribution < -0.4 is 9.64 Å². The fourth-order valence-electron chi connectivity index (χ4n) is 3.22. The van der Waals surface area contributed by atoms with E-state index in [1.54, 1.807) is 0 Å². The summed E-state index contributed by atoms with van der Waals surface area (Å²) in [5.74, 6) is -7.73. The van der Waals surface area contributed by atoms with Crippen molar-refractivity contribution in [3.63, 3.8) is 0 Å². The molecule has 0 fully saturated rings. The zero-order chi connectivity index (χ0) is 26.8. The van der Waals surface area contributed by atoms with Crippen molar-refractivity contribution in [1.29, 1.82) is 0 Å². The van der Waals surface area contributed by atoms with Crippen LogP contribution in [0.2, 0.25) is 0 Å². The lowest BCUT2D eigenvalue weighted by atomic mass is 10.1. The molecule has 0 spiro atoms. The number of hydrogen-bond acceptors (Lipinski definition) is 6. The molecule has 0 atom stereocenters. The highest BCUT2D eigenvalue weighted by molar-refractivity contribution is 6.05. The molecular weight excluding hydrogens is 496 g/mol. The maximum Gasteiger partial charge on any atom is 0.416 e. The van der Waals surface area contributed by atoms with Crippen molar-refractivity contribution in [3.05, 3.63) is 88.5 Å². The van der Waals surface area contributed by atoms with Crippen LogP contribution in [-0.2, 0) is 25.2 Å². The van der Waals surface area contributed by atoms with E-state index in [9.17, 15) is 31.5 Å².